The second kappa shape index (κ2) is 10.4. The maximum Gasteiger partial charge on any atom is 0.260 e. The van der Waals surface area contributed by atoms with Crippen LogP contribution in [0.3, 0.4) is 0 Å². The van der Waals surface area contributed by atoms with Gasteiger partial charge in [0.15, 0.2) is 11.5 Å². The predicted octanol–water partition coefficient (Wildman–Crippen LogP) is 4.04. The minimum absolute atomic E-state index is 0.238. The number of aromatic nitrogens is 2. The van der Waals surface area contributed by atoms with Gasteiger partial charge in [0.05, 0.1) is 57.1 Å². The highest BCUT2D eigenvalue weighted by Crippen LogP contribution is 2.40. The molecule has 2 aromatic heterocycles. The number of carbonyl (C=O) groups is 1. The van der Waals surface area contributed by atoms with Crippen molar-refractivity contribution in [3.05, 3.63) is 81.9 Å². The molecule has 4 aromatic rings. The van der Waals surface area contributed by atoms with Gasteiger partial charge in [0.1, 0.15) is 5.75 Å². The van der Waals surface area contributed by atoms with Gasteiger partial charge < -0.3 is 28.8 Å². The molecule has 186 valence electrons. The van der Waals surface area contributed by atoms with Gasteiger partial charge in [-0.1, -0.05) is 12.1 Å². The minimum atomic E-state index is -0.416. The summed E-state index contributed by atoms with van der Waals surface area (Å²) < 4.78 is 22.8. The standard InChI is InChI=1S/C27H27N3O6/c1-16-20(26(31)29-18-12-23(34-3)25(36-5)24(13-18)35-4)14-21-22(28-16)10-11-30(27(21)32)15-17-6-8-19(33-2)9-7-17/h6-14H,15H2,1-5H3,(H,29,31). The largest absolute Gasteiger partial charge is 0.497 e. The van der Waals surface area contributed by atoms with Crippen LogP contribution in [0, 0.1) is 6.92 Å². The number of carbonyl (C=O) groups excluding carboxylic acids is 1. The maximum absolute atomic E-state index is 13.3. The Morgan fingerprint density at radius 3 is 2.17 bits per heavy atom. The molecule has 2 aromatic carbocycles. The Kier molecular flexibility index (Phi) is 7.10. The fourth-order valence-electron chi connectivity index (χ4n) is 3.94. The van der Waals surface area contributed by atoms with Crippen molar-refractivity contribution in [2.75, 3.05) is 33.8 Å². The van der Waals surface area contributed by atoms with Crippen molar-refractivity contribution in [2.45, 2.75) is 13.5 Å². The highest BCUT2D eigenvalue weighted by atomic mass is 16.5. The number of anilines is 1. The Labute approximate surface area is 208 Å². The van der Waals surface area contributed by atoms with Crippen molar-refractivity contribution in [2.24, 2.45) is 0 Å². The monoisotopic (exact) mass is 489 g/mol. The Morgan fingerprint density at radius 1 is 0.917 bits per heavy atom. The van der Waals surface area contributed by atoms with Crippen molar-refractivity contribution in [3.63, 3.8) is 0 Å². The van der Waals surface area contributed by atoms with Crippen LogP contribution in [-0.2, 0) is 6.54 Å². The van der Waals surface area contributed by atoms with E-state index in [2.05, 4.69) is 10.3 Å². The maximum atomic E-state index is 13.3. The lowest BCUT2D eigenvalue weighted by Crippen LogP contribution is -2.22. The molecule has 4 rings (SSSR count). The first-order valence-electron chi connectivity index (χ1n) is 11.1. The van der Waals surface area contributed by atoms with Crippen molar-refractivity contribution in [1.82, 2.24) is 9.55 Å². The lowest BCUT2D eigenvalue weighted by atomic mass is 10.1. The van der Waals surface area contributed by atoms with Crippen LogP contribution in [0.1, 0.15) is 21.6 Å². The van der Waals surface area contributed by atoms with Crippen molar-refractivity contribution in [1.29, 1.82) is 0 Å². The summed E-state index contributed by atoms with van der Waals surface area (Å²) in [6.07, 6.45) is 1.71. The molecule has 1 amide bonds. The topological polar surface area (TPSA) is 101 Å². The fourth-order valence-corrected chi connectivity index (χ4v) is 3.94. The lowest BCUT2D eigenvalue weighted by molar-refractivity contribution is 0.102. The van der Waals surface area contributed by atoms with E-state index < -0.39 is 5.91 Å². The van der Waals surface area contributed by atoms with Gasteiger partial charge in [-0.25, -0.2) is 0 Å². The van der Waals surface area contributed by atoms with E-state index in [1.165, 1.54) is 21.3 Å². The summed E-state index contributed by atoms with van der Waals surface area (Å²) in [6, 6.07) is 14.1. The molecule has 0 fully saturated rings. The summed E-state index contributed by atoms with van der Waals surface area (Å²) >= 11 is 0. The molecular formula is C27H27N3O6. The summed E-state index contributed by atoms with van der Waals surface area (Å²) in [5.41, 5.74) is 2.46. The Balaban J connectivity index is 1.67. The molecule has 36 heavy (non-hydrogen) atoms. The number of methoxy groups -OCH3 is 4. The van der Waals surface area contributed by atoms with Gasteiger partial charge in [0.25, 0.3) is 11.5 Å². The third kappa shape index (κ3) is 4.81. The zero-order valence-corrected chi connectivity index (χ0v) is 20.7. The molecule has 0 aliphatic heterocycles. The number of ether oxygens (including phenoxy) is 4. The van der Waals surface area contributed by atoms with Gasteiger partial charge in [-0.3, -0.25) is 14.6 Å². The number of nitrogens with zero attached hydrogens (tertiary/aromatic N) is 2. The second-order valence-corrected chi connectivity index (χ2v) is 8.02. The SMILES string of the molecule is COc1ccc(Cn2ccc3nc(C)c(C(=O)Nc4cc(OC)c(OC)c(OC)c4)cc3c2=O)cc1. The van der Waals surface area contributed by atoms with Crippen molar-refractivity contribution in [3.8, 4) is 23.0 Å². The number of amides is 1. The number of fused-ring (bicyclic) bond motifs is 1. The van der Waals surface area contributed by atoms with Crippen LogP contribution in [0.25, 0.3) is 10.9 Å². The summed E-state index contributed by atoms with van der Waals surface area (Å²) in [5.74, 6) is 1.55. The van der Waals surface area contributed by atoms with Crippen LogP contribution in [-0.4, -0.2) is 43.9 Å². The van der Waals surface area contributed by atoms with E-state index in [1.807, 2.05) is 24.3 Å². The van der Waals surface area contributed by atoms with Crippen LogP contribution in [0.2, 0.25) is 0 Å². The molecule has 0 unspecified atom stereocenters. The number of benzene rings is 2. The molecule has 0 aliphatic carbocycles. The molecule has 2 heterocycles. The van der Waals surface area contributed by atoms with Gasteiger partial charge in [0.2, 0.25) is 5.75 Å². The first kappa shape index (κ1) is 24.6. The van der Waals surface area contributed by atoms with Gasteiger partial charge in [-0.15, -0.1) is 0 Å². The summed E-state index contributed by atoms with van der Waals surface area (Å²) in [7, 11) is 6.10. The number of nitrogens with one attached hydrogen (secondary N) is 1. The quantitative estimate of drug-likeness (QED) is 0.399. The number of rotatable bonds is 8. The average molecular weight is 490 g/mol. The summed E-state index contributed by atoms with van der Waals surface area (Å²) in [4.78, 5) is 31.0. The fraction of sp³-hybridized carbons (Fsp3) is 0.222. The highest BCUT2D eigenvalue weighted by Gasteiger charge is 2.18. The first-order chi connectivity index (χ1) is 17.4. The molecule has 1 N–H and O–H groups in total. The predicted molar refractivity (Wildman–Crippen MR) is 137 cm³/mol. The molecule has 0 saturated carbocycles. The van der Waals surface area contributed by atoms with E-state index in [0.717, 1.165) is 11.3 Å². The zero-order valence-electron chi connectivity index (χ0n) is 20.7. The number of hydrogen-bond donors (Lipinski definition) is 1. The Bertz CT molecular complexity index is 1450. The molecule has 9 nitrogen and oxygen atoms in total. The number of pyridine rings is 2. The third-order valence-electron chi connectivity index (χ3n) is 5.83. The third-order valence-corrected chi connectivity index (χ3v) is 5.83. The molecule has 0 aliphatic rings. The van der Waals surface area contributed by atoms with Gasteiger partial charge in [0, 0.05) is 24.0 Å². The van der Waals surface area contributed by atoms with Crippen LogP contribution in [0.5, 0.6) is 23.0 Å². The normalized spacial score (nSPS) is 10.7. The van der Waals surface area contributed by atoms with Crippen LogP contribution >= 0.6 is 0 Å². The molecule has 0 atom stereocenters. The number of hydrogen-bond acceptors (Lipinski definition) is 7. The van der Waals surface area contributed by atoms with E-state index in [1.54, 1.807) is 49.1 Å². The molecular weight excluding hydrogens is 462 g/mol. The van der Waals surface area contributed by atoms with Crippen molar-refractivity contribution >= 4 is 22.5 Å². The van der Waals surface area contributed by atoms with Gasteiger partial charge in [-0.2, -0.15) is 0 Å². The molecule has 9 heteroatoms. The summed E-state index contributed by atoms with van der Waals surface area (Å²) in [6.45, 7) is 2.10. The average Bonchev–Trinajstić information content (AvgIpc) is 2.89. The van der Waals surface area contributed by atoms with Crippen molar-refractivity contribution < 1.29 is 23.7 Å². The van der Waals surface area contributed by atoms with Gasteiger partial charge in [-0.05, 0) is 36.8 Å². The van der Waals surface area contributed by atoms with Crippen LogP contribution in [0.15, 0.2) is 59.5 Å². The van der Waals surface area contributed by atoms with Gasteiger partial charge >= 0.3 is 0 Å². The van der Waals surface area contributed by atoms with E-state index in [9.17, 15) is 9.59 Å². The zero-order chi connectivity index (χ0) is 25.8. The van der Waals surface area contributed by atoms with E-state index in [4.69, 9.17) is 18.9 Å². The number of aryl methyl sites for hydroxylation is 1. The van der Waals surface area contributed by atoms with Crippen LogP contribution in [0.4, 0.5) is 5.69 Å². The Morgan fingerprint density at radius 2 is 1.58 bits per heavy atom. The van der Waals surface area contributed by atoms with Crippen LogP contribution < -0.4 is 29.8 Å². The Hall–Kier alpha value is -4.53. The smallest absolute Gasteiger partial charge is 0.260 e. The minimum Gasteiger partial charge on any atom is -0.497 e. The molecule has 0 radical (unpaired) electrons. The van der Waals surface area contributed by atoms with E-state index >= 15 is 0 Å². The van der Waals surface area contributed by atoms with E-state index in [0.29, 0.717) is 46.1 Å². The molecule has 0 saturated heterocycles. The van der Waals surface area contributed by atoms with E-state index in [-0.39, 0.29) is 11.1 Å². The summed E-state index contributed by atoms with van der Waals surface area (Å²) in [5, 5.41) is 3.19. The second-order valence-electron chi connectivity index (χ2n) is 8.02. The molecule has 0 bridgehead atoms. The lowest BCUT2D eigenvalue weighted by Gasteiger charge is -2.15. The first-order valence-corrected chi connectivity index (χ1v) is 11.1. The molecule has 0 spiro atoms. The highest BCUT2D eigenvalue weighted by molar-refractivity contribution is 6.07.